The van der Waals surface area contributed by atoms with E-state index in [9.17, 15) is 14.7 Å². The van der Waals surface area contributed by atoms with Crippen LogP contribution >= 0.6 is 7.60 Å². The molecule has 0 spiro atoms. The highest BCUT2D eigenvalue weighted by molar-refractivity contribution is 7.54. The highest BCUT2D eigenvalue weighted by Crippen LogP contribution is 2.60. The maximum absolute atomic E-state index is 13.9. The molecule has 8 heteroatoms. The summed E-state index contributed by atoms with van der Waals surface area (Å²) in [4.78, 5) is 10.9. The molecule has 168 valence electrons. The van der Waals surface area contributed by atoms with Crippen LogP contribution in [0.2, 0.25) is 0 Å². The largest absolute Gasteiger partial charge is 0.351 e. The Morgan fingerprint density at radius 3 is 1.81 bits per heavy atom. The van der Waals surface area contributed by atoms with Crippen molar-refractivity contribution in [3.8, 4) is 0 Å². The van der Waals surface area contributed by atoms with E-state index in [-0.39, 0.29) is 24.9 Å². The lowest BCUT2D eigenvalue weighted by Crippen LogP contribution is -2.29. The zero-order valence-electron chi connectivity index (χ0n) is 18.1. The van der Waals surface area contributed by atoms with E-state index >= 15 is 0 Å². The van der Waals surface area contributed by atoms with Crippen LogP contribution in [0.15, 0.2) is 84.9 Å². The molecule has 7 nitrogen and oxygen atoms in total. The summed E-state index contributed by atoms with van der Waals surface area (Å²) in [6.07, 6.45) is 0. The highest BCUT2D eigenvalue weighted by atomic mass is 31.2. The van der Waals surface area contributed by atoms with Crippen LogP contribution in [0.1, 0.15) is 42.4 Å². The molecule has 32 heavy (non-hydrogen) atoms. The predicted molar refractivity (Wildman–Crippen MR) is 125 cm³/mol. The molecule has 0 aromatic heterocycles. The van der Waals surface area contributed by atoms with Crippen LogP contribution in [0.5, 0.6) is 0 Å². The zero-order chi connectivity index (χ0) is 23.0. The molecule has 3 aromatic carbocycles. The van der Waals surface area contributed by atoms with Gasteiger partial charge >= 0.3 is 7.60 Å². The van der Waals surface area contributed by atoms with E-state index in [1.54, 1.807) is 26.0 Å². The second-order valence-corrected chi connectivity index (χ2v) is 9.16. The molecule has 0 heterocycles. The minimum atomic E-state index is -3.73. The topological polar surface area (TPSA) is 90.7 Å². The van der Waals surface area contributed by atoms with Crippen molar-refractivity contribution in [2.75, 3.05) is 13.2 Å². The van der Waals surface area contributed by atoms with Gasteiger partial charge in [0.1, 0.15) is 5.78 Å². The molecule has 1 unspecified atom stereocenters. The molecule has 0 amide bonds. The van der Waals surface area contributed by atoms with Gasteiger partial charge in [-0.2, -0.15) is 0 Å². The number of nitro benzene ring substituents is 1. The molecule has 0 aliphatic rings. The van der Waals surface area contributed by atoms with Gasteiger partial charge in [-0.3, -0.25) is 20.0 Å². The zero-order valence-corrected chi connectivity index (χ0v) is 19.0. The van der Waals surface area contributed by atoms with Crippen molar-refractivity contribution in [2.45, 2.75) is 25.7 Å². The van der Waals surface area contributed by atoms with Gasteiger partial charge in [0.2, 0.25) is 0 Å². The second kappa shape index (κ2) is 11.2. The van der Waals surface area contributed by atoms with Gasteiger partial charge in [-0.05, 0) is 30.5 Å². The number of nitrogens with zero attached hydrogens (tertiary/aromatic N) is 1. The van der Waals surface area contributed by atoms with Gasteiger partial charge in [-0.1, -0.05) is 72.8 Å². The fourth-order valence-corrected chi connectivity index (χ4v) is 5.51. The van der Waals surface area contributed by atoms with Gasteiger partial charge in [0.15, 0.2) is 0 Å². The van der Waals surface area contributed by atoms with Crippen molar-refractivity contribution in [1.82, 2.24) is 5.32 Å². The van der Waals surface area contributed by atoms with Crippen molar-refractivity contribution in [2.24, 2.45) is 0 Å². The summed E-state index contributed by atoms with van der Waals surface area (Å²) in [6, 6.07) is 25.2. The lowest BCUT2D eigenvalue weighted by Gasteiger charge is -2.31. The Morgan fingerprint density at radius 1 is 0.844 bits per heavy atom. The molecule has 0 aliphatic heterocycles. The Kier molecular flexibility index (Phi) is 8.31. The van der Waals surface area contributed by atoms with Crippen LogP contribution in [0.25, 0.3) is 0 Å². The van der Waals surface area contributed by atoms with Gasteiger partial charge in [0.05, 0.1) is 24.2 Å². The fourth-order valence-electron chi connectivity index (χ4n) is 3.56. The summed E-state index contributed by atoms with van der Waals surface area (Å²) in [5.41, 5.74) is 2.27. The molecule has 3 aromatic rings. The van der Waals surface area contributed by atoms with E-state index in [1.807, 2.05) is 60.7 Å². The highest BCUT2D eigenvalue weighted by Gasteiger charge is 2.39. The Labute approximate surface area is 188 Å². The molecule has 0 radical (unpaired) electrons. The van der Waals surface area contributed by atoms with Crippen LogP contribution in [0, 0.1) is 10.1 Å². The molecule has 3 rings (SSSR count). The van der Waals surface area contributed by atoms with Gasteiger partial charge in [-0.25, -0.2) is 0 Å². The molecule has 0 aliphatic carbocycles. The molecule has 0 fully saturated rings. The van der Waals surface area contributed by atoms with Crippen molar-refractivity contribution in [3.63, 3.8) is 0 Å². The van der Waals surface area contributed by atoms with E-state index in [0.29, 0.717) is 5.56 Å². The van der Waals surface area contributed by atoms with E-state index in [0.717, 1.165) is 11.1 Å². The molecule has 1 N–H and O–H groups in total. The third-order valence-corrected chi connectivity index (χ3v) is 7.24. The van der Waals surface area contributed by atoms with E-state index < -0.39 is 18.3 Å². The van der Waals surface area contributed by atoms with Crippen LogP contribution in [0.3, 0.4) is 0 Å². The van der Waals surface area contributed by atoms with Gasteiger partial charge in [0, 0.05) is 12.1 Å². The first-order valence-electron chi connectivity index (χ1n) is 10.5. The summed E-state index contributed by atoms with van der Waals surface area (Å²) in [5.74, 6) is -0.923. The monoisotopic (exact) mass is 454 g/mol. The summed E-state index contributed by atoms with van der Waals surface area (Å²) >= 11 is 0. The quantitative estimate of drug-likeness (QED) is 0.210. The SMILES string of the molecule is CCOP(=O)(OCC)C(NC(c1ccccc1)c1ccccc1)c1cccc([N+](=O)[O-])c1. The summed E-state index contributed by atoms with van der Waals surface area (Å²) in [5, 5.41) is 14.8. The van der Waals surface area contributed by atoms with Crippen LogP contribution < -0.4 is 5.32 Å². The van der Waals surface area contributed by atoms with Crippen molar-refractivity contribution >= 4 is 13.3 Å². The summed E-state index contributed by atoms with van der Waals surface area (Å²) < 4.78 is 25.2. The molecule has 0 saturated carbocycles. The lowest BCUT2D eigenvalue weighted by atomic mass is 9.98. The second-order valence-electron chi connectivity index (χ2n) is 7.05. The van der Waals surface area contributed by atoms with E-state index in [2.05, 4.69) is 5.32 Å². The van der Waals surface area contributed by atoms with E-state index in [4.69, 9.17) is 9.05 Å². The normalized spacial score (nSPS) is 12.6. The number of hydrogen-bond donors (Lipinski definition) is 1. The molecule has 1 atom stereocenters. The van der Waals surface area contributed by atoms with Gasteiger partial charge in [0.25, 0.3) is 5.69 Å². The number of non-ortho nitro benzene ring substituents is 1. The Morgan fingerprint density at radius 2 is 1.34 bits per heavy atom. The number of hydrogen-bond acceptors (Lipinski definition) is 6. The van der Waals surface area contributed by atoms with Gasteiger partial charge in [-0.15, -0.1) is 0 Å². The minimum absolute atomic E-state index is 0.0928. The molecule has 0 saturated heterocycles. The first-order chi connectivity index (χ1) is 15.5. The molecular formula is C24H27N2O5P. The lowest BCUT2D eigenvalue weighted by molar-refractivity contribution is -0.384. The Bertz CT molecular complexity index is 1010. The summed E-state index contributed by atoms with van der Waals surface area (Å²) in [7, 11) is -3.73. The third kappa shape index (κ3) is 5.69. The van der Waals surface area contributed by atoms with Crippen molar-refractivity contribution in [1.29, 1.82) is 0 Å². The first kappa shape index (κ1) is 23.8. The summed E-state index contributed by atoms with van der Waals surface area (Å²) in [6.45, 7) is 3.82. The number of rotatable bonds is 11. The standard InChI is InChI=1S/C24H27N2O5P/c1-3-30-32(29,31-4-2)24(21-16-11-17-22(18-21)26(27)28)25-23(19-12-7-5-8-13-19)20-14-9-6-10-15-20/h5-18,23-25H,3-4H2,1-2H3. The van der Waals surface area contributed by atoms with Crippen LogP contribution in [0.4, 0.5) is 5.69 Å². The van der Waals surface area contributed by atoms with Crippen LogP contribution in [-0.4, -0.2) is 18.1 Å². The smallest absolute Gasteiger partial charge is 0.308 e. The van der Waals surface area contributed by atoms with Gasteiger partial charge < -0.3 is 9.05 Å². The third-order valence-electron chi connectivity index (χ3n) is 4.92. The first-order valence-corrected chi connectivity index (χ1v) is 12.1. The number of nitrogens with one attached hydrogen (secondary N) is 1. The van der Waals surface area contributed by atoms with Crippen LogP contribution in [-0.2, 0) is 13.6 Å². The van der Waals surface area contributed by atoms with Crippen molar-refractivity contribution in [3.05, 3.63) is 112 Å². The molecule has 0 bridgehead atoms. The average Bonchev–Trinajstić information content (AvgIpc) is 2.81. The van der Waals surface area contributed by atoms with Crippen molar-refractivity contribution < 1.29 is 18.5 Å². The maximum atomic E-state index is 13.9. The van der Waals surface area contributed by atoms with E-state index in [1.165, 1.54) is 12.1 Å². The Hall–Kier alpha value is -2.83. The molecular weight excluding hydrogens is 427 g/mol. The maximum Gasteiger partial charge on any atom is 0.351 e. The number of benzene rings is 3. The predicted octanol–water partition coefficient (Wildman–Crippen LogP) is 6.24. The fraction of sp³-hybridized carbons (Fsp3) is 0.250. The number of nitro groups is 1. The minimum Gasteiger partial charge on any atom is -0.308 e. The Balaban J connectivity index is 2.14. The average molecular weight is 454 g/mol.